The zero-order chi connectivity index (χ0) is 18.4. The summed E-state index contributed by atoms with van der Waals surface area (Å²) in [4.78, 5) is 7.91. The molecule has 0 aromatic heterocycles. The first-order valence-corrected chi connectivity index (χ1v) is 9.44. The third kappa shape index (κ3) is 5.31. The zero-order valence-corrected chi connectivity index (χ0v) is 15.8. The van der Waals surface area contributed by atoms with Gasteiger partial charge in [-0.25, -0.2) is 0 Å². The monoisotopic (exact) mass is 372 g/mol. The molecule has 0 radical (unpaired) electrons. The van der Waals surface area contributed by atoms with Crippen LogP contribution in [0.4, 0.5) is 0 Å². The van der Waals surface area contributed by atoms with Crippen molar-refractivity contribution in [3.63, 3.8) is 0 Å². The first kappa shape index (κ1) is 18.9. The van der Waals surface area contributed by atoms with E-state index in [9.17, 15) is 5.11 Å². The summed E-state index contributed by atoms with van der Waals surface area (Å²) >= 11 is 5.95. The van der Waals surface area contributed by atoms with Gasteiger partial charge in [0.25, 0.3) is 0 Å². The van der Waals surface area contributed by atoms with E-state index < -0.39 is 0 Å². The van der Waals surface area contributed by atoms with Crippen molar-refractivity contribution in [1.82, 2.24) is 4.90 Å². The molecule has 138 valence electrons. The van der Waals surface area contributed by atoms with E-state index in [4.69, 9.17) is 16.4 Å². The number of nitrogens with zero attached hydrogens (tertiary/aromatic N) is 2. The summed E-state index contributed by atoms with van der Waals surface area (Å²) in [5, 5.41) is 15.1. The molecule has 0 saturated carbocycles. The molecule has 1 aliphatic heterocycles. The first-order valence-electron chi connectivity index (χ1n) is 9.07. The number of oxime groups is 1. The number of rotatable bonds is 8. The van der Waals surface area contributed by atoms with E-state index in [1.165, 1.54) is 5.56 Å². The summed E-state index contributed by atoms with van der Waals surface area (Å²) in [6.07, 6.45) is 1.16. The van der Waals surface area contributed by atoms with Gasteiger partial charge in [-0.05, 0) is 29.7 Å². The van der Waals surface area contributed by atoms with Gasteiger partial charge >= 0.3 is 0 Å². The highest BCUT2D eigenvalue weighted by Crippen LogP contribution is 2.20. The smallest absolute Gasteiger partial charge is 0.145 e. The SMILES string of the molecule is CC[C@H](O)CN(Cc1ccccc1)C[C@H]1CC(c2ccc(Cl)cc2)=NO1. The van der Waals surface area contributed by atoms with Gasteiger partial charge in [0.15, 0.2) is 0 Å². The van der Waals surface area contributed by atoms with Crippen LogP contribution in [0.3, 0.4) is 0 Å². The summed E-state index contributed by atoms with van der Waals surface area (Å²) in [7, 11) is 0. The number of hydrogen-bond acceptors (Lipinski definition) is 4. The molecule has 26 heavy (non-hydrogen) atoms. The topological polar surface area (TPSA) is 45.1 Å². The average Bonchev–Trinajstić information content (AvgIpc) is 3.11. The second kappa shape index (κ2) is 9.17. The van der Waals surface area contributed by atoms with E-state index in [1.807, 2.05) is 49.4 Å². The standard InChI is InChI=1S/C21H25ClN2O2/c1-2-19(25)14-24(13-16-6-4-3-5-7-16)15-20-12-21(23-26-20)17-8-10-18(22)11-9-17/h3-11,19-20,25H,2,12-15H2,1H3/t19-,20+/m0/s1. The minimum Gasteiger partial charge on any atom is -0.392 e. The van der Waals surface area contributed by atoms with Gasteiger partial charge in [0.1, 0.15) is 6.10 Å². The van der Waals surface area contributed by atoms with E-state index in [-0.39, 0.29) is 12.2 Å². The molecule has 1 N–H and O–H groups in total. The molecule has 0 fully saturated rings. The highest BCUT2D eigenvalue weighted by molar-refractivity contribution is 6.30. The van der Waals surface area contributed by atoms with Crippen molar-refractivity contribution in [3.8, 4) is 0 Å². The van der Waals surface area contributed by atoms with Crippen molar-refractivity contribution in [2.75, 3.05) is 13.1 Å². The van der Waals surface area contributed by atoms with Crippen LogP contribution in [0.5, 0.6) is 0 Å². The Morgan fingerprint density at radius 1 is 1.19 bits per heavy atom. The zero-order valence-electron chi connectivity index (χ0n) is 15.0. The quantitative estimate of drug-likeness (QED) is 0.758. The second-order valence-electron chi connectivity index (χ2n) is 6.72. The van der Waals surface area contributed by atoms with Crippen molar-refractivity contribution in [1.29, 1.82) is 0 Å². The molecule has 0 amide bonds. The summed E-state index contributed by atoms with van der Waals surface area (Å²) in [5.74, 6) is 0. The van der Waals surface area contributed by atoms with Crippen molar-refractivity contribution >= 4 is 17.3 Å². The first-order chi connectivity index (χ1) is 12.6. The van der Waals surface area contributed by atoms with E-state index >= 15 is 0 Å². The summed E-state index contributed by atoms with van der Waals surface area (Å²) in [5.41, 5.74) is 3.22. The molecular formula is C21H25ClN2O2. The molecule has 2 aromatic carbocycles. The molecule has 0 aliphatic carbocycles. The summed E-state index contributed by atoms with van der Waals surface area (Å²) in [6, 6.07) is 18.0. The van der Waals surface area contributed by atoms with Crippen LogP contribution in [0, 0.1) is 0 Å². The molecule has 5 heteroatoms. The fourth-order valence-corrected chi connectivity index (χ4v) is 3.23. The Hall–Kier alpha value is -1.88. The van der Waals surface area contributed by atoms with Crippen LogP contribution in [0.1, 0.15) is 30.9 Å². The van der Waals surface area contributed by atoms with Crippen molar-refractivity contribution in [2.45, 2.75) is 38.5 Å². The van der Waals surface area contributed by atoms with Gasteiger partial charge in [0.05, 0.1) is 11.8 Å². The fraction of sp³-hybridized carbons (Fsp3) is 0.381. The normalized spacial score (nSPS) is 17.8. The Kier molecular flexibility index (Phi) is 6.67. The lowest BCUT2D eigenvalue weighted by molar-refractivity contribution is 0.0315. The number of aliphatic hydroxyl groups is 1. The highest BCUT2D eigenvalue weighted by Gasteiger charge is 2.25. The molecule has 0 saturated heterocycles. The van der Waals surface area contributed by atoms with Crippen LogP contribution in [0.25, 0.3) is 0 Å². The number of aliphatic hydroxyl groups excluding tert-OH is 1. The number of hydrogen-bond donors (Lipinski definition) is 1. The van der Waals surface area contributed by atoms with Crippen LogP contribution in [0.2, 0.25) is 5.02 Å². The highest BCUT2D eigenvalue weighted by atomic mass is 35.5. The Bertz CT molecular complexity index is 719. The van der Waals surface area contributed by atoms with Crippen molar-refractivity contribution in [3.05, 3.63) is 70.7 Å². The van der Waals surface area contributed by atoms with Crippen LogP contribution in [-0.2, 0) is 11.4 Å². The van der Waals surface area contributed by atoms with E-state index in [1.54, 1.807) is 0 Å². The summed E-state index contributed by atoms with van der Waals surface area (Å²) < 4.78 is 0. The maximum absolute atomic E-state index is 10.1. The van der Waals surface area contributed by atoms with Gasteiger partial charge in [0.2, 0.25) is 0 Å². The van der Waals surface area contributed by atoms with Gasteiger partial charge in [-0.3, -0.25) is 4.90 Å². The van der Waals surface area contributed by atoms with Crippen LogP contribution >= 0.6 is 11.6 Å². The van der Waals surface area contributed by atoms with Gasteiger partial charge < -0.3 is 9.94 Å². The number of benzene rings is 2. The molecular weight excluding hydrogens is 348 g/mol. The molecule has 3 rings (SSSR count). The lowest BCUT2D eigenvalue weighted by Gasteiger charge is -2.26. The molecule has 4 nitrogen and oxygen atoms in total. The van der Waals surface area contributed by atoms with Crippen molar-refractivity contribution < 1.29 is 9.94 Å². The molecule has 0 unspecified atom stereocenters. The van der Waals surface area contributed by atoms with Gasteiger partial charge in [0, 0.05) is 31.1 Å². The molecule has 2 atom stereocenters. The predicted molar refractivity (Wildman–Crippen MR) is 105 cm³/mol. The van der Waals surface area contributed by atoms with Gasteiger partial charge in [-0.15, -0.1) is 0 Å². The van der Waals surface area contributed by atoms with Crippen molar-refractivity contribution in [2.24, 2.45) is 5.16 Å². The minimum absolute atomic E-state index is 0.00607. The van der Waals surface area contributed by atoms with Crippen LogP contribution in [-0.4, -0.2) is 41.0 Å². The molecule has 0 spiro atoms. The number of halogens is 1. The van der Waals surface area contributed by atoms with Gasteiger partial charge in [-0.2, -0.15) is 0 Å². The maximum Gasteiger partial charge on any atom is 0.145 e. The largest absolute Gasteiger partial charge is 0.392 e. The minimum atomic E-state index is -0.336. The van der Waals surface area contributed by atoms with Gasteiger partial charge in [-0.1, -0.05) is 66.1 Å². The molecule has 0 bridgehead atoms. The van der Waals surface area contributed by atoms with E-state index in [0.29, 0.717) is 11.6 Å². The summed E-state index contributed by atoms with van der Waals surface area (Å²) in [6.45, 7) is 4.14. The average molecular weight is 373 g/mol. The molecule has 1 heterocycles. The predicted octanol–water partition coefficient (Wildman–Crippen LogP) is 4.11. The second-order valence-corrected chi connectivity index (χ2v) is 7.15. The molecule has 2 aromatic rings. The van der Waals surface area contributed by atoms with Crippen LogP contribution < -0.4 is 0 Å². The lowest BCUT2D eigenvalue weighted by Crippen LogP contribution is -2.37. The van der Waals surface area contributed by atoms with E-state index in [2.05, 4.69) is 22.2 Å². The Balaban J connectivity index is 1.61. The van der Waals surface area contributed by atoms with Crippen LogP contribution in [0.15, 0.2) is 59.8 Å². The Labute approximate surface area is 160 Å². The maximum atomic E-state index is 10.1. The third-order valence-electron chi connectivity index (χ3n) is 4.56. The molecule has 1 aliphatic rings. The third-order valence-corrected chi connectivity index (χ3v) is 4.81. The Morgan fingerprint density at radius 2 is 1.92 bits per heavy atom. The van der Waals surface area contributed by atoms with E-state index in [0.717, 1.165) is 37.2 Å². The lowest BCUT2D eigenvalue weighted by atomic mass is 10.0. The Morgan fingerprint density at radius 3 is 2.62 bits per heavy atom. The fourth-order valence-electron chi connectivity index (χ4n) is 3.10.